The molecule has 3 aliphatic rings. The van der Waals surface area contributed by atoms with Gasteiger partial charge in [0.25, 0.3) is 5.56 Å². The van der Waals surface area contributed by atoms with Crippen molar-refractivity contribution < 1.29 is 9.18 Å². The molecule has 0 spiro atoms. The van der Waals surface area contributed by atoms with E-state index in [1.165, 1.54) is 27.2 Å². The van der Waals surface area contributed by atoms with Crippen molar-refractivity contribution in [3.8, 4) is 16.8 Å². The van der Waals surface area contributed by atoms with Crippen LogP contribution >= 0.6 is 0 Å². The van der Waals surface area contributed by atoms with Gasteiger partial charge in [-0.2, -0.15) is 0 Å². The van der Waals surface area contributed by atoms with Crippen molar-refractivity contribution in [1.29, 1.82) is 0 Å². The van der Waals surface area contributed by atoms with Crippen molar-refractivity contribution in [2.24, 2.45) is 0 Å². The van der Waals surface area contributed by atoms with E-state index in [9.17, 15) is 18.8 Å². The summed E-state index contributed by atoms with van der Waals surface area (Å²) >= 11 is 0. The van der Waals surface area contributed by atoms with Crippen LogP contribution in [0, 0.1) is 5.82 Å². The van der Waals surface area contributed by atoms with Crippen molar-refractivity contribution in [3.63, 3.8) is 0 Å². The summed E-state index contributed by atoms with van der Waals surface area (Å²) in [6.45, 7) is 9.27. The lowest BCUT2D eigenvalue weighted by molar-refractivity contribution is -0.123. The summed E-state index contributed by atoms with van der Waals surface area (Å²) in [6.07, 6.45) is 4.59. The molecule has 2 aromatic heterocycles. The van der Waals surface area contributed by atoms with E-state index < -0.39 is 17.1 Å². The lowest BCUT2D eigenvalue weighted by atomic mass is 9.91. The number of hydrogen-bond acceptors (Lipinski definition) is 8. The van der Waals surface area contributed by atoms with Gasteiger partial charge >= 0.3 is 5.69 Å². The maximum absolute atomic E-state index is 14.5. The first kappa shape index (κ1) is 35.2. The summed E-state index contributed by atoms with van der Waals surface area (Å²) in [6, 6.07) is 16.9. The number of benzene rings is 2. The molecule has 12 heteroatoms. The zero-order valence-electron chi connectivity index (χ0n) is 29.8. The molecule has 3 fully saturated rings. The van der Waals surface area contributed by atoms with Crippen LogP contribution in [0.3, 0.4) is 0 Å². The van der Waals surface area contributed by atoms with Crippen molar-refractivity contribution in [2.45, 2.75) is 50.7 Å². The van der Waals surface area contributed by atoms with Crippen LogP contribution in [0.15, 0.2) is 70.4 Å². The summed E-state index contributed by atoms with van der Waals surface area (Å²) in [5.41, 5.74) is 2.83. The van der Waals surface area contributed by atoms with Crippen LogP contribution < -0.4 is 16.6 Å². The Hall–Kier alpha value is -4.23. The van der Waals surface area contributed by atoms with Crippen LogP contribution in [0.1, 0.15) is 43.7 Å². The zero-order chi connectivity index (χ0) is 35.5. The van der Waals surface area contributed by atoms with Gasteiger partial charge in [0, 0.05) is 57.9 Å². The molecule has 2 aromatic carbocycles. The summed E-state index contributed by atoms with van der Waals surface area (Å²) in [4.78, 5) is 54.6. The number of halogens is 1. The highest BCUT2D eigenvalue weighted by molar-refractivity contribution is 5.78. The number of nitrogens with one attached hydrogen (secondary N) is 1. The van der Waals surface area contributed by atoms with Gasteiger partial charge in [0.15, 0.2) is 5.65 Å². The van der Waals surface area contributed by atoms with Crippen molar-refractivity contribution >= 4 is 16.9 Å². The number of rotatable bonds is 8. The minimum Gasteiger partial charge on any atom is -0.352 e. The molecule has 4 heterocycles. The molecule has 2 saturated heterocycles. The normalized spacial score (nSPS) is 21.5. The van der Waals surface area contributed by atoms with Gasteiger partial charge in [-0.25, -0.2) is 18.7 Å². The molecule has 1 aliphatic carbocycles. The van der Waals surface area contributed by atoms with Crippen LogP contribution in [0.4, 0.5) is 4.39 Å². The zero-order valence-corrected chi connectivity index (χ0v) is 29.8. The molecule has 51 heavy (non-hydrogen) atoms. The highest BCUT2D eigenvalue weighted by atomic mass is 19.1. The number of likely N-dealkylation sites (N-methyl/N-ethyl adjacent to an activating group) is 2. The summed E-state index contributed by atoms with van der Waals surface area (Å²) in [5, 5.41) is 3.24. The highest BCUT2D eigenvalue weighted by Crippen LogP contribution is 2.28. The molecule has 4 aromatic rings. The second kappa shape index (κ2) is 15.6. The molecule has 0 bridgehead atoms. The van der Waals surface area contributed by atoms with Gasteiger partial charge in [-0.05, 0) is 94.2 Å². The predicted molar refractivity (Wildman–Crippen MR) is 198 cm³/mol. The first-order valence-corrected chi connectivity index (χ1v) is 18.4. The van der Waals surface area contributed by atoms with E-state index in [0.717, 1.165) is 76.2 Å². The lowest BCUT2D eigenvalue weighted by Crippen LogP contribution is -2.50. The first-order valence-electron chi connectivity index (χ1n) is 18.4. The Balaban J connectivity index is 1.11. The van der Waals surface area contributed by atoms with Gasteiger partial charge in [-0.1, -0.05) is 36.4 Å². The molecule has 0 atom stereocenters. The van der Waals surface area contributed by atoms with Crippen molar-refractivity contribution in [1.82, 2.24) is 39.0 Å². The third kappa shape index (κ3) is 8.14. The molecule has 0 unspecified atom stereocenters. The van der Waals surface area contributed by atoms with Crippen LogP contribution in [0.2, 0.25) is 0 Å². The summed E-state index contributed by atoms with van der Waals surface area (Å²) < 4.78 is 17.3. The Morgan fingerprint density at radius 1 is 0.824 bits per heavy atom. The Kier molecular flexibility index (Phi) is 10.7. The topological polar surface area (TPSA) is 98.9 Å². The van der Waals surface area contributed by atoms with E-state index in [1.807, 2.05) is 24.3 Å². The number of fused-ring (bicyclic) bond motifs is 1. The second-order valence-electron chi connectivity index (χ2n) is 14.7. The van der Waals surface area contributed by atoms with Gasteiger partial charge < -0.3 is 15.1 Å². The molecule has 1 saturated carbocycles. The third-order valence-corrected chi connectivity index (χ3v) is 10.9. The maximum atomic E-state index is 14.5. The average Bonchev–Trinajstić information content (AvgIpc) is 3.34. The molecule has 7 rings (SSSR count). The second-order valence-corrected chi connectivity index (χ2v) is 14.7. The molecule has 11 nitrogen and oxygen atoms in total. The Bertz CT molecular complexity index is 1960. The third-order valence-electron chi connectivity index (χ3n) is 10.9. The van der Waals surface area contributed by atoms with E-state index in [4.69, 9.17) is 0 Å². The van der Waals surface area contributed by atoms with E-state index in [2.05, 4.69) is 68.3 Å². The van der Waals surface area contributed by atoms with Crippen LogP contribution in [0.5, 0.6) is 0 Å². The fourth-order valence-electron chi connectivity index (χ4n) is 7.84. The minimum absolute atomic E-state index is 0.00902. The number of carbonyl (C=O) groups is 1. The molecule has 2 aliphatic heterocycles. The standard InChI is InChI=1S/C39H49FN8O3/c1-43-15-4-16-45(20-17-43)26-28-7-9-29(10-8-28)30-5-3-6-34(23-30)47-37-35(24-31(40)25-41-37)38(50)48(39(47)51)33-13-11-32(12-14-33)42-36(49)27-46-21-18-44(2)19-22-46/h3,5-10,23-25,32-33H,4,11-22,26-27H2,1-2H3,(H,42,49). The molecular weight excluding hydrogens is 647 g/mol. The SMILES string of the molecule is CN1CCN(CC(=O)NC2CCC(n3c(=O)c4cc(F)cnc4n(-c4cccc(-c5ccc(CN6CCCN(C)CC6)cc5)c4)c3=O)CC2)CC1. The first-order chi connectivity index (χ1) is 24.7. The average molecular weight is 697 g/mol. The molecular formula is C39H49FN8O3. The number of nitrogens with zero attached hydrogens (tertiary/aromatic N) is 7. The molecule has 1 amide bonds. The van der Waals surface area contributed by atoms with Gasteiger partial charge in [0.1, 0.15) is 5.82 Å². The van der Waals surface area contributed by atoms with Gasteiger partial charge in [0.2, 0.25) is 5.91 Å². The number of aromatic nitrogens is 3. The quantitative estimate of drug-likeness (QED) is 0.300. The van der Waals surface area contributed by atoms with Gasteiger partial charge in [-0.15, -0.1) is 0 Å². The van der Waals surface area contributed by atoms with Crippen LogP contribution in [-0.2, 0) is 11.3 Å². The Morgan fingerprint density at radius 3 is 2.27 bits per heavy atom. The van der Waals surface area contributed by atoms with E-state index in [-0.39, 0.29) is 29.0 Å². The maximum Gasteiger partial charge on any atom is 0.337 e. The summed E-state index contributed by atoms with van der Waals surface area (Å²) in [5.74, 6) is -0.626. The number of hydrogen-bond donors (Lipinski definition) is 1. The smallest absolute Gasteiger partial charge is 0.337 e. The van der Waals surface area contributed by atoms with E-state index in [0.29, 0.717) is 37.9 Å². The fourth-order valence-corrected chi connectivity index (χ4v) is 7.84. The fraction of sp³-hybridized carbons (Fsp3) is 0.487. The van der Waals surface area contributed by atoms with Gasteiger partial charge in [0.05, 0.1) is 23.8 Å². The van der Waals surface area contributed by atoms with Gasteiger partial charge in [-0.3, -0.25) is 24.0 Å². The minimum atomic E-state index is -0.635. The van der Waals surface area contributed by atoms with E-state index in [1.54, 1.807) is 0 Å². The van der Waals surface area contributed by atoms with Crippen LogP contribution in [0.25, 0.3) is 27.8 Å². The molecule has 270 valence electrons. The molecule has 1 N–H and O–H groups in total. The number of carbonyl (C=O) groups excluding carboxylic acids is 1. The van der Waals surface area contributed by atoms with Crippen molar-refractivity contribution in [2.75, 3.05) is 73.0 Å². The number of pyridine rings is 1. The number of piperazine rings is 1. The molecule has 0 radical (unpaired) electrons. The Morgan fingerprint density at radius 2 is 1.53 bits per heavy atom. The van der Waals surface area contributed by atoms with E-state index >= 15 is 0 Å². The Labute approximate surface area is 298 Å². The summed E-state index contributed by atoms with van der Waals surface area (Å²) in [7, 11) is 4.27. The monoisotopic (exact) mass is 696 g/mol. The largest absolute Gasteiger partial charge is 0.352 e. The number of amides is 1. The predicted octanol–water partition coefficient (Wildman–Crippen LogP) is 3.34. The highest BCUT2D eigenvalue weighted by Gasteiger charge is 2.28. The lowest BCUT2D eigenvalue weighted by Gasteiger charge is -2.33. The van der Waals surface area contributed by atoms with Crippen LogP contribution in [-0.4, -0.2) is 119 Å². The van der Waals surface area contributed by atoms with Crippen molar-refractivity contribution in [3.05, 3.63) is 93.0 Å².